The summed E-state index contributed by atoms with van der Waals surface area (Å²) in [4.78, 5) is 52.3. The summed E-state index contributed by atoms with van der Waals surface area (Å²) in [7, 11) is 1.30. The second-order valence-corrected chi connectivity index (χ2v) is 11.2. The van der Waals surface area contributed by atoms with Crippen LogP contribution in [-0.2, 0) is 33.4 Å². The Kier molecular flexibility index (Phi) is 6.44. The maximum Gasteiger partial charge on any atom is 0.310 e. The second-order valence-electron chi connectivity index (χ2n) is 11.2. The molecule has 3 aliphatic rings. The van der Waals surface area contributed by atoms with Crippen molar-refractivity contribution in [3.8, 4) is 11.3 Å². The van der Waals surface area contributed by atoms with E-state index in [4.69, 9.17) is 18.6 Å². The van der Waals surface area contributed by atoms with E-state index in [-0.39, 0.29) is 18.0 Å². The maximum atomic E-state index is 14.0. The van der Waals surface area contributed by atoms with E-state index in [0.717, 1.165) is 0 Å². The number of methoxy groups -OCH3 is 1. The summed E-state index contributed by atoms with van der Waals surface area (Å²) in [6.45, 7) is 5.02. The third kappa shape index (κ3) is 4.03. The Labute approximate surface area is 219 Å². The van der Waals surface area contributed by atoms with E-state index in [9.17, 15) is 23.6 Å². The summed E-state index contributed by atoms with van der Waals surface area (Å²) in [6.07, 6.45) is 0.880. The van der Waals surface area contributed by atoms with Crippen LogP contribution in [0, 0.1) is 34.4 Å². The molecule has 38 heavy (non-hydrogen) atoms. The van der Waals surface area contributed by atoms with Gasteiger partial charge in [0.25, 0.3) is 0 Å². The second kappa shape index (κ2) is 9.36. The van der Waals surface area contributed by atoms with E-state index in [1.54, 1.807) is 18.2 Å². The lowest BCUT2D eigenvalue weighted by Crippen LogP contribution is -2.64. The number of cyclic esters (lactones) is 1. The highest BCUT2D eigenvalue weighted by Crippen LogP contribution is 2.65. The number of carbonyl (C=O) groups is 4. The van der Waals surface area contributed by atoms with Gasteiger partial charge < -0.3 is 18.6 Å². The molecule has 9 heteroatoms. The molecule has 0 spiro atoms. The Morgan fingerprint density at radius 2 is 1.79 bits per heavy atom. The molecule has 2 aromatic rings. The van der Waals surface area contributed by atoms with Gasteiger partial charge in [0.05, 0.1) is 25.2 Å². The molecular weight excluding hydrogens is 495 g/mol. The molecule has 5 rings (SSSR count). The van der Waals surface area contributed by atoms with Gasteiger partial charge in [0.1, 0.15) is 17.7 Å². The molecule has 2 aliphatic carbocycles. The smallest absolute Gasteiger partial charge is 0.310 e. The number of ether oxygens (including phenoxy) is 3. The Balaban J connectivity index is 1.57. The van der Waals surface area contributed by atoms with E-state index < -0.39 is 58.7 Å². The number of hydrogen-bond acceptors (Lipinski definition) is 8. The topological polar surface area (TPSA) is 109 Å². The van der Waals surface area contributed by atoms with Crippen LogP contribution in [0.2, 0.25) is 0 Å². The normalized spacial score (nSPS) is 34.5. The molecule has 0 N–H and O–H groups in total. The van der Waals surface area contributed by atoms with Gasteiger partial charge in [-0.2, -0.15) is 0 Å². The number of esters is 3. The zero-order chi connectivity index (χ0) is 27.4. The van der Waals surface area contributed by atoms with Gasteiger partial charge in [-0.05, 0) is 60.4 Å². The van der Waals surface area contributed by atoms with Gasteiger partial charge >= 0.3 is 17.9 Å². The van der Waals surface area contributed by atoms with Crippen LogP contribution in [0.25, 0.3) is 11.3 Å². The average Bonchev–Trinajstić information content (AvgIpc) is 3.35. The van der Waals surface area contributed by atoms with Crippen molar-refractivity contribution in [2.24, 2.45) is 28.6 Å². The fraction of sp³-hybridized carbons (Fsp3) is 0.517. The Morgan fingerprint density at radius 3 is 2.45 bits per heavy atom. The third-order valence-electron chi connectivity index (χ3n) is 9.05. The quantitative estimate of drug-likeness (QED) is 0.413. The molecule has 202 valence electrons. The summed E-state index contributed by atoms with van der Waals surface area (Å²) in [5.41, 5.74) is -0.462. The Morgan fingerprint density at radius 1 is 1.08 bits per heavy atom. The molecular formula is C29H31FO8. The van der Waals surface area contributed by atoms with Gasteiger partial charge in [-0.3, -0.25) is 19.2 Å². The highest BCUT2D eigenvalue weighted by Gasteiger charge is 2.67. The first-order valence-electron chi connectivity index (χ1n) is 12.8. The lowest BCUT2D eigenvalue weighted by Gasteiger charge is -2.61. The number of rotatable bonds is 4. The molecule has 3 fully saturated rings. The predicted molar refractivity (Wildman–Crippen MR) is 131 cm³/mol. The van der Waals surface area contributed by atoms with E-state index in [1.807, 2.05) is 13.8 Å². The first-order chi connectivity index (χ1) is 18.0. The highest BCUT2D eigenvalue weighted by atomic mass is 19.1. The molecule has 1 aromatic heterocycles. The van der Waals surface area contributed by atoms with Crippen molar-refractivity contribution < 1.29 is 42.2 Å². The van der Waals surface area contributed by atoms with Gasteiger partial charge in [-0.15, -0.1) is 0 Å². The number of ketones is 1. The van der Waals surface area contributed by atoms with Gasteiger partial charge in [0.15, 0.2) is 11.9 Å². The lowest BCUT2D eigenvalue weighted by molar-refractivity contribution is -0.210. The largest absolute Gasteiger partial charge is 0.469 e. The van der Waals surface area contributed by atoms with Crippen LogP contribution in [0.3, 0.4) is 0 Å². The van der Waals surface area contributed by atoms with Crippen molar-refractivity contribution in [1.29, 1.82) is 0 Å². The number of furan rings is 1. The van der Waals surface area contributed by atoms with E-state index in [1.165, 1.54) is 32.4 Å². The van der Waals surface area contributed by atoms with Crippen molar-refractivity contribution in [2.75, 3.05) is 7.11 Å². The van der Waals surface area contributed by atoms with Crippen LogP contribution in [-0.4, -0.2) is 36.9 Å². The summed E-state index contributed by atoms with van der Waals surface area (Å²) in [5, 5.41) is 0. The van der Waals surface area contributed by atoms with Crippen LogP contribution in [0.4, 0.5) is 4.39 Å². The summed E-state index contributed by atoms with van der Waals surface area (Å²) in [5.74, 6) is -3.74. The summed E-state index contributed by atoms with van der Waals surface area (Å²) < 4.78 is 35.7. The van der Waals surface area contributed by atoms with Gasteiger partial charge in [-0.25, -0.2) is 4.39 Å². The van der Waals surface area contributed by atoms with Crippen LogP contribution in [0.1, 0.15) is 58.1 Å². The molecule has 0 bridgehead atoms. The minimum absolute atomic E-state index is 0.0448. The van der Waals surface area contributed by atoms with Gasteiger partial charge in [0, 0.05) is 30.4 Å². The van der Waals surface area contributed by atoms with Crippen molar-refractivity contribution in [3.05, 3.63) is 48.0 Å². The van der Waals surface area contributed by atoms with Crippen molar-refractivity contribution in [3.63, 3.8) is 0 Å². The minimum atomic E-state index is -1.11. The Hall–Kier alpha value is -3.49. The van der Waals surface area contributed by atoms with Crippen molar-refractivity contribution in [1.82, 2.24) is 0 Å². The fourth-order valence-electron chi connectivity index (χ4n) is 7.40. The number of Topliss-reactive ketones (excluding diaryl/α,β-unsaturated/α-hetero) is 1. The number of hydrogen-bond donors (Lipinski definition) is 0. The molecule has 1 aliphatic heterocycles. The summed E-state index contributed by atoms with van der Waals surface area (Å²) in [6, 6.07) is 7.52. The molecule has 1 saturated heterocycles. The summed E-state index contributed by atoms with van der Waals surface area (Å²) >= 11 is 0. The molecule has 2 heterocycles. The van der Waals surface area contributed by atoms with E-state index in [0.29, 0.717) is 36.1 Å². The van der Waals surface area contributed by atoms with Crippen LogP contribution < -0.4 is 0 Å². The first kappa shape index (κ1) is 26.1. The maximum absolute atomic E-state index is 14.0. The van der Waals surface area contributed by atoms with Crippen molar-refractivity contribution in [2.45, 2.75) is 58.7 Å². The zero-order valence-corrected chi connectivity index (χ0v) is 21.8. The molecule has 7 atom stereocenters. The monoisotopic (exact) mass is 526 g/mol. The lowest BCUT2D eigenvalue weighted by atomic mass is 9.43. The van der Waals surface area contributed by atoms with Crippen LogP contribution >= 0.6 is 0 Å². The first-order valence-corrected chi connectivity index (χ1v) is 12.8. The molecule has 0 unspecified atom stereocenters. The van der Waals surface area contributed by atoms with Crippen LogP contribution in [0.5, 0.6) is 0 Å². The predicted octanol–water partition coefficient (Wildman–Crippen LogP) is 4.81. The average molecular weight is 527 g/mol. The minimum Gasteiger partial charge on any atom is -0.469 e. The van der Waals surface area contributed by atoms with Gasteiger partial charge in [-0.1, -0.05) is 13.8 Å². The SMILES string of the molecule is COC(=O)[C@@H]1C[C@H](OC(C)=O)C(=O)[C@H]2[C@@]1(C)CC[C@H]1C(=O)O[C@H](c3ccoc3-c3ccc(F)cc3)C[C@]21C. The molecule has 1 aromatic carbocycles. The van der Waals surface area contributed by atoms with Gasteiger partial charge in [0.2, 0.25) is 0 Å². The van der Waals surface area contributed by atoms with E-state index in [2.05, 4.69) is 0 Å². The fourth-order valence-corrected chi connectivity index (χ4v) is 7.40. The number of fused-ring (bicyclic) bond motifs is 3. The standard InChI is InChI=1S/C29H31FO8/c1-15(31)37-21-13-20(26(33)35-4)28(2)11-9-19-27(34)38-22(14-29(19,3)25(28)23(21)32)18-10-12-36-24(18)16-5-7-17(30)8-6-16/h5-8,10,12,19-22,25H,9,11,13-14H2,1-4H3/t19-,20-,21-,22-,25-,28-,29-/m0/s1. The molecule has 2 saturated carbocycles. The number of carbonyl (C=O) groups excluding carboxylic acids is 4. The highest BCUT2D eigenvalue weighted by molar-refractivity contribution is 5.93. The third-order valence-corrected chi connectivity index (χ3v) is 9.05. The van der Waals surface area contributed by atoms with Crippen LogP contribution in [0.15, 0.2) is 41.0 Å². The molecule has 8 nitrogen and oxygen atoms in total. The molecule has 0 amide bonds. The zero-order valence-electron chi connectivity index (χ0n) is 21.8. The van der Waals surface area contributed by atoms with Crippen molar-refractivity contribution >= 4 is 23.7 Å². The molecule has 0 radical (unpaired) electrons. The number of halogens is 1. The van der Waals surface area contributed by atoms with E-state index >= 15 is 0 Å². The number of benzene rings is 1. The Bertz CT molecular complexity index is 1280.